The molecule has 1 aliphatic carbocycles. The third kappa shape index (κ3) is 10.3. The van der Waals surface area contributed by atoms with Crippen LogP contribution in [0.4, 0.5) is 0 Å². The van der Waals surface area contributed by atoms with E-state index in [4.69, 9.17) is 9.39 Å². The van der Waals surface area contributed by atoms with Crippen molar-refractivity contribution in [2.75, 3.05) is 0 Å². The van der Waals surface area contributed by atoms with Crippen molar-refractivity contribution in [3.63, 3.8) is 0 Å². The quantitative estimate of drug-likeness (QED) is 0.0973. The van der Waals surface area contributed by atoms with Crippen LogP contribution in [0.1, 0.15) is 37.7 Å². The van der Waals surface area contributed by atoms with Gasteiger partial charge in [0, 0.05) is 0 Å². The van der Waals surface area contributed by atoms with E-state index in [-0.39, 0.29) is 24.6 Å². The first kappa shape index (κ1) is 35.9. The number of para-hydroxylation sites is 1. The van der Waals surface area contributed by atoms with Crippen LogP contribution in [0.2, 0.25) is 0 Å². The fraction of sp³-hybridized carbons (Fsp3) is 0.333. The van der Waals surface area contributed by atoms with E-state index in [1.165, 1.54) is 0 Å². The van der Waals surface area contributed by atoms with Crippen molar-refractivity contribution < 1.29 is 57.3 Å². The van der Waals surface area contributed by atoms with Gasteiger partial charge in [-0.2, -0.15) is 4.72 Å². The van der Waals surface area contributed by atoms with Crippen molar-refractivity contribution in [2.24, 2.45) is 5.92 Å². The highest BCUT2D eigenvalue weighted by atomic mass is 32.2. The third-order valence-electron chi connectivity index (χ3n) is 7.31. The number of ether oxygens (including phenoxy) is 1. The van der Waals surface area contributed by atoms with Gasteiger partial charge in [0.1, 0.15) is 11.8 Å². The van der Waals surface area contributed by atoms with Gasteiger partial charge in [-0.15, -0.1) is 0 Å². The van der Waals surface area contributed by atoms with Gasteiger partial charge in [-0.05, 0) is 36.5 Å². The second-order valence-electron chi connectivity index (χ2n) is 11.2. The molecule has 2 aromatic carbocycles. The summed E-state index contributed by atoms with van der Waals surface area (Å²) in [5.74, 6) is -7.23. The number of carboxylic acids is 3. The lowest BCUT2D eigenvalue weighted by Gasteiger charge is -2.32. The minimum absolute atomic E-state index is 0.0128. The van der Waals surface area contributed by atoms with E-state index in [1.807, 2.05) is 0 Å². The smallest absolute Gasteiger partial charge is 0.479 e. The number of nitrogens with zero attached hydrogens (tertiary/aromatic N) is 2. The Bertz CT molecular complexity index is 1680. The monoisotopic (exact) mass is 684 g/mol. The zero-order valence-corrected chi connectivity index (χ0v) is 26.2. The van der Waals surface area contributed by atoms with E-state index < -0.39 is 76.4 Å². The summed E-state index contributed by atoms with van der Waals surface area (Å²) in [5, 5.41) is 41.3. The van der Waals surface area contributed by atoms with E-state index >= 15 is 0 Å². The molecule has 0 aliphatic heterocycles. The molecule has 1 amide bonds. The fourth-order valence-electron chi connectivity index (χ4n) is 4.78. The van der Waals surface area contributed by atoms with Gasteiger partial charge in [0.15, 0.2) is 10.6 Å². The summed E-state index contributed by atoms with van der Waals surface area (Å²) in [5.41, 5.74) is -2.31. The van der Waals surface area contributed by atoms with Crippen LogP contribution in [-0.4, -0.2) is 87.2 Å². The molecular formula is C30H33BN4O12S. The SMILES string of the molecule is O=C(O)CC(CC(=O)O)(OB(O)[C@H](CC1CC1)NC(=O)[C@H](Cc1ccccc1)NS(=O)(=O)c1cnc(Oc2ccccc2)cn1)C(=O)O. The molecule has 0 radical (unpaired) electrons. The summed E-state index contributed by atoms with van der Waals surface area (Å²) in [7, 11) is -6.67. The van der Waals surface area contributed by atoms with Crippen molar-refractivity contribution in [3.8, 4) is 11.6 Å². The minimum Gasteiger partial charge on any atom is -0.481 e. The first-order valence-corrected chi connectivity index (χ1v) is 16.2. The maximum absolute atomic E-state index is 13.7. The minimum atomic E-state index is -4.49. The van der Waals surface area contributed by atoms with Crippen LogP contribution < -0.4 is 14.8 Å². The normalized spacial score (nSPS) is 14.4. The number of carbonyl (C=O) groups excluding carboxylic acids is 1. The number of carboxylic acid groups (broad SMARTS) is 3. The summed E-state index contributed by atoms with van der Waals surface area (Å²) < 4.78 is 39.9. The number of amides is 1. The van der Waals surface area contributed by atoms with Crippen LogP contribution in [0.25, 0.3) is 0 Å². The predicted octanol–water partition coefficient (Wildman–Crippen LogP) is 1.25. The first-order chi connectivity index (χ1) is 22.8. The Labute approximate surface area is 275 Å². The van der Waals surface area contributed by atoms with E-state index in [9.17, 15) is 47.9 Å². The van der Waals surface area contributed by atoms with Crippen LogP contribution in [0, 0.1) is 5.92 Å². The maximum atomic E-state index is 13.7. The highest BCUT2D eigenvalue weighted by molar-refractivity contribution is 7.89. The molecule has 1 saturated carbocycles. The summed E-state index contributed by atoms with van der Waals surface area (Å²) >= 11 is 0. The van der Waals surface area contributed by atoms with Crippen LogP contribution in [-0.2, 0) is 40.3 Å². The molecule has 1 fully saturated rings. The second-order valence-corrected chi connectivity index (χ2v) is 12.9. The van der Waals surface area contributed by atoms with Crippen molar-refractivity contribution in [3.05, 3.63) is 78.6 Å². The molecule has 0 saturated heterocycles. The lowest BCUT2D eigenvalue weighted by atomic mass is 9.73. The van der Waals surface area contributed by atoms with Crippen LogP contribution in [0.3, 0.4) is 0 Å². The molecule has 254 valence electrons. The molecule has 1 aliphatic rings. The number of aliphatic carboxylic acids is 3. The lowest BCUT2D eigenvalue weighted by Crippen LogP contribution is -2.58. The molecule has 3 aromatic rings. The topological polar surface area (TPSA) is 252 Å². The first-order valence-electron chi connectivity index (χ1n) is 14.7. The Hall–Kier alpha value is -4.91. The zero-order chi connectivity index (χ0) is 34.9. The zero-order valence-electron chi connectivity index (χ0n) is 25.3. The Balaban J connectivity index is 1.57. The van der Waals surface area contributed by atoms with Crippen molar-refractivity contribution in [1.82, 2.24) is 20.0 Å². The molecule has 4 rings (SSSR count). The number of hydrogen-bond acceptors (Lipinski definition) is 11. The number of carbonyl (C=O) groups is 4. The molecule has 6 N–H and O–H groups in total. The predicted molar refractivity (Wildman–Crippen MR) is 166 cm³/mol. The highest BCUT2D eigenvalue weighted by Gasteiger charge is 2.49. The largest absolute Gasteiger partial charge is 0.481 e. The molecule has 2 atom stereocenters. The fourth-order valence-corrected chi connectivity index (χ4v) is 5.85. The van der Waals surface area contributed by atoms with E-state index in [1.54, 1.807) is 60.7 Å². The number of hydrogen-bond donors (Lipinski definition) is 6. The summed E-state index contributed by atoms with van der Waals surface area (Å²) in [4.78, 5) is 56.6. The number of rotatable bonds is 19. The number of aromatic nitrogens is 2. The average Bonchev–Trinajstić information content (AvgIpc) is 3.85. The molecule has 0 unspecified atom stereocenters. The molecule has 16 nitrogen and oxygen atoms in total. The van der Waals surface area contributed by atoms with Gasteiger partial charge in [0.25, 0.3) is 10.0 Å². The molecule has 1 heterocycles. The van der Waals surface area contributed by atoms with Crippen molar-refractivity contribution in [2.45, 2.75) is 61.1 Å². The Morgan fingerprint density at radius 3 is 2.04 bits per heavy atom. The number of sulfonamides is 1. The summed E-state index contributed by atoms with van der Waals surface area (Å²) in [6, 6.07) is 15.5. The van der Waals surface area contributed by atoms with Gasteiger partial charge >= 0.3 is 25.0 Å². The van der Waals surface area contributed by atoms with E-state index in [2.05, 4.69) is 20.0 Å². The standard InChI is InChI=1S/C30H33BN4O12S/c36-26(37)15-30(29(41)42,16-27(38)39)47-31(43)23(14-20-11-12-20)34-28(40)22(13-19-7-3-1-4-8-19)35-48(44,45)25-18-32-24(17-33-25)46-21-9-5-2-6-10-21/h1-10,17-18,20,22-23,35,43H,11-16H2,(H,34,40)(H,36,37)(H,38,39)(H,41,42)/t22-,23-/m0/s1. The highest BCUT2D eigenvalue weighted by Crippen LogP contribution is 2.35. The molecular weight excluding hydrogens is 651 g/mol. The van der Waals surface area contributed by atoms with Gasteiger partial charge in [0.2, 0.25) is 11.8 Å². The molecule has 48 heavy (non-hydrogen) atoms. The Kier molecular flexibility index (Phi) is 11.8. The Morgan fingerprint density at radius 2 is 1.52 bits per heavy atom. The van der Waals surface area contributed by atoms with Gasteiger partial charge in [-0.25, -0.2) is 23.2 Å². The van der Waals surface area contributed by atoms with Crippen LogP contribution >= 0.6 is 0 Å². The Morgan fingerprint density at radius 1 is 0.917 bits per heavy atom. The van der Waals surface area contributed by atoms with Gasteiger partial charge in [-0.3, -0.25) is 14.4 Å². The van der Waals surface area contributed by atoms with E-state index in [0.29, 0.717) is 24.2 Å². The average molecular weight is 684 g/mol. The number of nitrogens with one attached hydrogen (secondary N) is 2. The van der Waals surface area contributed by atoms with Gasteiger partial charge in [-0.1, -0.05) is 61.4 Å². The molecule has 18 heteroatoms. The lowest BCUT2D eigenvalue weighted by molar-refractivity contribution is -0.169. The van der Waals surface area contributed by atoms with Crippen molar-refractivity contribution in [1.29, 1.82) is 0 Å². The number of benzene rings is 2. The molecule has 0 spiro atoms. The molecule has 1 aromatic heterocycles. The maximum Gasteiger partial charge on any atom is 0.479 e. The second kappa shape index (κ2) is 15.8. The van der Waals surface area contributed by atoms with E-state index in [0.717, 1.165) is 12.4 Å². The van der Waals surface area contributed by atoms with Gasteiger partial charge in [0.05, 0.1) is 31.2 Å². The summed E-state index contributed by atoms with van der Waals surface area (Å²) in [6.45, 7) is 0. The van der Waals surface area contributed by atoms with Crippen LogP contribution in [0.5, 0.6) is 11.6 Å². The van der Waals surface area contributed by atoms with Crippen molar-refractivity contribution >= 4 is 41.0 Å². The summed E-state index contributed by atoms with van der Waals surface area (Å²) in [6.07, 6.45) is 0.718. The van der Waals surface area contributed by atoms with Gasteiger partial charge < -0.3 is 35.1 Å². The third-order valence-corrected chi connectivity index (χ3v) is 8.66. The molecule has 0 bridgehead atoms. The van der Waals surface area contributed by atoms with Crippen LogP contribution in [0.15, 0.2) is 78.1 Å².